The molecule has 37 heavy (non-hydrogen) atoms. The third-order valence-electron chi connectivity index (χ3n) is 6.03. The van der Waals surface area contributed by atoms with Gasteiger partial charge in [-0.05, 0) is 47.9 Å². The Bertz CT molecular complexity index is 1300. The SMILES string of the molecule is CC(C)CNC(=O)CN1C(=O)CS[C@@H](c2cccc(F)c2)c2c(C(C)(C)C)nn(-c3ccc(F)cc3)c21. The van der Waals surface area contributed by atoms with Gasteiger partial charge in [-0.15, -0.1) is 11.8 Å². The zero-order valence-electron chi connectivity index (χ0n) is 21.7. The van der Waals surface area contributed by atoms with Crippen LogP contribution in [0.5, 0.6) is 0 Å². The van der Waals surface area contributed by atoms with Gasteiger partial charge in [0.05, 0.1) is 22.4 Å². The number of nitrogens with one attached hydrogen (secondary N) is 1. The van der Waals surface area contributed by atoms with Gasteiger partial charge in [0.1, 0.15) is 24.0 Å². The number of carbonyl (C=O) groups is 2. The lowest BCUT2D eigenvalue weighted by Crippen LogP contribution is -2.43. The number of aromatic nitrogens is 2. The predicted octanol–water partition coefficient (Wildman–Crippen LogP) is 5.39. The van der Waals surface area contributed by atoms with Crippen LogP contribution in [0.25, 0.3) is 5.69 Å². The number of amides is 2. The first-order valence-corrected chi connectivity index (χ1v) is 13.3. The van der Waals surface area contributed by atoms with Gasteiger partial charge in [0.15, 0.2) is 0 Å². The van der Waals surface area contributed by atoms with E-state index in [2.05, 4.69) is 5.32 Å². The first kappa shape index (κ1) is 26.9. The van der Waals surface area contributed by atoms with Crippen LogP contribution in [-0.4, -0.2) is 40.4 Å². The van der Waals surface area contributed by atoms with Gasteiger partial charge >= 0.3 is 0 Å². The summed E-state index contributed by atoms with van der Waals surface area (Å²) in [5, 5.41) is 7.42. The molecule has 2 amide bonds. The molecule has 3 aromatic rings. The maximum atomic E-state index is 14.3. The molecule has 6 nitrogen and oxygen atoms in total. The summed E-state index contributed by atoms with van der Waals surface area (Å²) >= 11 is 1.38. The molecular weight excluding hydrogens is 494 g/mol. The fourth-order valence-corrected chi connectivity index (χ4v) is 5.47. The maximum absolute atomic E-state index is 14.3. The van der Waals surface area contributed by atoms with E-state index in [1.807, 2.05) is 40.7 Å². The first-order valence-electron chi connectivity index (χ1n) is 12.3. The number of benzene rings is 2. The fraction of sp³-hybridized carbons (Fsp3) is 0.393. The van der Waals surface area contributed by atoms with E-state index >= 15 is 0 Å². The van der Waals surface area contributed by atoms with Crippen LogP contribution in [0.4, 0.5) is 14.6 Å². The molecule has 1 aromatic heterocycles. The van der Waals surface area contributed by atoms with E-state index in [0.717, 1.165) is 11.3 Å². The van der Waals surface area contributed by atoms with Crippen LogP contribution in [0, 0.1) is 17.6 Å². The minimum atomic E-state index is -0.444. The molecule has 0 unspecified atom stereocenters. The molecule has 1 aliphatic heterocycles. The van der Waals surface area contributed by atoms with Crippen LogP contribution in [0.3, 0.4) is 0 Å². The van der Waals surface area contributed by atoms with Gasteiger partial charge in [-0.1, -0.05) is 46.8 Å². The number of hydrogen-bond acceptors (Lipinski definition) is 4. The Morgan fingerprint density at radius 2 is 1.84 bits per heavy atom. The fourth-order valence-electron chi connectivity index (χ4n) is 4.29. The second kappa shape index (κ2) is 10.7. The first-order chi connectivity index (χ1) is 17.5. The van der Waals surface area contributed by atoms with Crippen molar-refractivity contribution in [1.82, 2.24) is 15.1 Å². The van der Waals surface area contributed by atoms with Crippen LogP contribution >= 0.6 is 11.8 Å². The molecule has 196 valence electrons. The monoisotopic (exact) mass is 526 g/mol. The molecule has 0 radical (unpaired) electrons. The molecule has 0 saturated heterocycles. The Balaban J connectivity index is 1.96. The van der Waals surface area contributed by atoms with Crippen molar-refractivity contribution < 1.29 is 18.4 Å². The third-order valence-corrected chi connectivity index (χ3v) is 7.29. The highest BCUT2D eigenvalue weighted by atomic mass is 32.2. The van der Waals surface area contributed by atoms with E-state index in [4.69, 9.17) is 5.10 Å². The molecule has 1 N–H and O–H groups in total. The number of halogens is 2. The molecule has 0 fully saturated rings. The minimum absolute atomic E-state index is 0.0975. The van der Waals surface area contributed by atoms with Crippen molar-refractivity contribution in [2.45, 2.75) is 45.3 Å². The van der Waals surface area contributed by atoms with Crippen LogP contribution < -0.4 is 10.2 Å². The minimum Gasteiger partial charge on any atom is -0.354 e. The molecule has 9 heteroatoms. The van der Waals surface area contributed by atoms with Gasteiger partial charge in [-0.2, -0.15) is 5.10 Å². The Kier molecular flexibility index (Phi) is 7.73. The zero-order valence-corrected chi connectivity index (χ0v) is 22.5. The summed E-state index contributed by atoms with van der Waals surface area (Å²) in [5.41, 5.74) is 2.28. The number of fused-ring (bicyclic) bond motifs is 1. The third kappa shape index (κ3) is 5.87. The summed E-state index contributed by atoms with van der Waals surface area (Å²) in [6.45, 7) is 10.3. The lowest BCUT2D eigenvalue weighted by molar-refractivity contribution is -0.123. The van der Waals surface area contributed by atoms with Crippen LogP contribution in [-0.2, 0) is 15.0 Å². The molecule has 0 aliphatic carbocycles. The van der Waals surface area contributed by atoms with E-state index in [1.165, 1.54) is 40.9 Å². The van der Waals surface area contributed by atoms with E-state index in [1.54, 1.807) is 22.9 Å². The second-order valence-corrected chi connectivity index (χ2v) is 11.7. The number of hydrogen-bond donors (Lipinski definition) is 1. The molecule has 4 rings (SSSR count). The van der Waals surface area contributed by atoms with Gasteiger partial charge in [-0.3, -0.25) is 14.5 Å². The molecule has 1 atom stereocenters. The number of carbonyl (C=O) groups excluding carboxylic acids is 2. The van der Waals surface area contributed by atoms with E-state index in [0.29, 0.717) is 23.6 Å². The summed E-state index contributed by atoms with van der Waals surface area (Å²) in [6, 6.07) is 12.2. The molecule has 1 aliphatic rings. The van der Waals surface area contributed by atoms with Gasteiger partial charge in [0.25, 0.3) is 0 Å². The summed E-state index contributed by atoms with van der Waals surface area (Å²) in [6.07, 6.45) is 0. The highest BCUT2D eigenvalue weighted by Crippen LogP contribution is 2.48. The topological polar surface area (TPSA) is 67.2 Å². The van der Waals surface area contributed by atoms with Crippen LogP contribution in [0.15, 0.2) is 48.5 Å². The van der Waals surface area contributed by atoms with Crippen molar-refractivity contribution in [3.8, 4) is 5.69 Å². The highest BCUT2D eigenvalue weighted by molar-refractivity contribution is 8.00. The molecular formula is C28H32F2N4O2S. The molecule has 2 heterocycles. The maximum Gasteiger partial charge on any atom is 0.240 e. The summed E-state index contributed by atoms with van der Waals surface area (Å²) in [5.74, 6) is -0.513. The molecule has 0 bridgehead atoms. The quantitative estimate of drug-likeness (QED) is 0.468. The number of thioether (sulfide) groups is 1. The Morgan fingerprint density at radius 3 is 2.46 bits per heavy atom. The largest absolute Gasteiger partial charge is 0.354 e. The average Bonchev–Trinajstić information content (AvgIpc) is 3.16. The Hall–Kier alpha value is -3.20. The summed E-state index contributed by atoms with van der Waals surface area (Å²) < 4.78 is 29.7. The smallest absolute Gasteiger partial charge is 0.240 e. The van der Waals surface area contributed by atoms with Crippen molar-refractivity contribution in [2.75, 3.05) is 23.7 Å². The Labute approximate surface area is 220 Å². The molecule has 2 aromatic carbocycles. The molecule has 0 saturated carbocycles. The predicted molar refractivity (Wildman–Crippen MR) is 143 cm³/mol. The van der Waals surface area contributed by atoms with E-state index < -0.39 is 16.5 Å². The average molecular weight is 527 g/mol. The van der Waals surface area contributed by atoms with Gasteiger partial charge in [0.2, 0.25) is 11.8 Å². The lowest BCUT2D eigenvalue weighted by Gasteiger charge is -2.24. The van der Waals surface area contributed by atoms with E-state index in [9.17, 15) is 18.4 Å². The number of rotatable bonds is 6. The van der Waals surface area contributed by atoms with Gasteiger partial charge in [0, 0.05) is 17.5 Å². The van der Waals surface area contributed by atoms with Crippen molar-refractivity contribution in [2.24, 2.45) is 5.92 Å². The normalized spacial score (nSPS) is 16.1. The lowest BCUT2D eigenvalue weighted by atomic mass is 9.87. The van der Waals surface area contributed by atoms with Crippen LogP contribution in [0.2, 0.25) is 0 Å². The molecule has 0 spiro atoms. The summed E-state index contributed by atoms with van der Waals surface area (Å²) in [4.78, 5) is 27.9. The van der Waals surface area contributed by atoms with E-state index in [-0.39, 0.29) is 35.8 Å². The van der Waals surface area contributed by atoms with Crippen LogP contribution in [0.1, 0.15) is 56.7 Å². The van der Waals surface area contributed by atoms with Crippen molar-refractivity contribution in [3.63, 3.8) is 0 Å². The number of nitrogens with zero attached hydrogens (tertiary/aromatic N) is 3. The number of anilines is 1. The highest BCUT2D eigenvalue weighted by Gasteiger charge is 2.40. The second-order valence-electron chi connectivity index (χ2n) is 10.6. The van der Waals surface area contributed by atoms with Crippen molar-refractivity contribution in [3.05, 3.63) is 77.0 Å². The van der Waals surface area contributed by atoms with Crippen molar-refractivity contribution in [1.29, 1.82) is 0 Å². The standard InChI is InChI=1S/C28H32F2N4O2S/c1-17(2)14-31-22(35)15-33-23(36)16-37-25(18-7-6-8-20(30)13-18)24-26(28(3,4)5)32-34(27(24)33)21-11-9-19(29)10-12-21/h6-13,17,25H,14-16H2,1-5H3,(H,31,35)/t25-/m0/s1. The van der Waals surface area contributed by atoms with Crippen molar-refractivity contribution >= 4 is 29.4 Å². The zero-order chi connectivity index (χ0) is 26.9. The van der Waals surface area contributed by atoms with Gasteiger partial charge in [-0.25, -0.2) is 13.5 Å². The summed E-state index contributed by atoms with van der Waals surface area (Å²) in [7, 11) is 0. The van der Waals surface area contributed by atoms with Gasteiger partial charge < -0.3 is 5.32 Å². The Morgan fingerprint density at radius 1 is 1.14 bits per heavy atom.